The molecule has 2 N–H and O–H groups in total. The number of hydrogen-bond acceptors (Lipinski definition) is 6. The summed E-state index contributed by atoms with van der Waals surface area (Å²) in [7, 11) is 0. The molecule has 0 saturated carbocycles. The largest absolute Gasteiger partial charge is 0.416 e. The van der Waals surface area contributed by atoms with Gasteiger partial charge in [-0.05, 0) is 43.7 Å². The Morgan fingerprint density at radius 3 is 2.24 bits per heavy atom. The van der Waals surface area contributed by atoms with Crippen LogP contribution in [0.4, 0.5) is 26.3 Å². The van der Waals surface area contributed by atoms with Gasteiger partial charge in [-0.1, -0.05) is 0 Å². The Bertz CT molecular complexity index is 1280. The number of nitrogens with one attached hydrogen (secondary N) is 2. The topological polar surface area (TPSA) is 111 Å². The average Bonchev–Trinajstić information content (AvgIpc) is 3.55. The molecule has 1 aromatic carbocycles. The van der Waals surface area contributed by atoms with Crippen molar-refractivity contribution in [2.75, 3.05) is 13.2 Å². The molecule has 1 aliphatic rings. The molecule has 9 nitrogen and oxygen atoms in total. The number of aromatic nitrogens is 4. The Labute approximate surface area is 211 Å². The van der Waals surface area contributed by atoms with Crippen LogP contribution >= 0.6 is 0 Å². The van der Waals surface area contributed by atoms with Gasteiger partial charge in [0.15, 0.2) is 11.6 Å². The number of pyridine rings is 1. The molecular formula is C23H20F6N6O3. The standard InChI is InChI=1S/C23H20F6N6O3/c1-12(33-21(37)14-6-15(22(24,25)26)8-16(7-14)23(27,28)29)19-31-11-32-35(19)18-3-2-13(9-30-18)20(36)34-17-4-5-38-10-17/h2-3,6-9,11-12,17H,4-5,10H2,1H3,(H,33,37)(H,34,36)/t12-,17?/m0/s1. The van der Waals surface area contributed by atoms with Crippen LogP contribution in [0.1, 0.15) is 57.1 Å². The van der Waals surface area contributed by atoms with Crippen LogP contribution in [0, 0.1) is 0 Å². The maximum absolute atomic E-state index is 13.1. The fraction of sp³-hybridized carbons (Fsp3) is 0.348. The summed E-state index contributed by atoms with van der Waals surface area (Å²) < 4.78 is 85.3. The van der Waals surface area contributed by atoms with Gasteiger partial charge in [0, 0.05) is 18.4 Å². The van der Waals surface area contributed by atoms with Gasteiger partial charge < -0.3 is 15.4 Å². The third-order valence-electron chi connectivity index (χ3n) is 5.65. The van der Waals surface area contributed by atoms with E-state index in [4.69, 9.17) is 4.74 Å². The third-order valence-corrected chi connectivity index (χ3v) is 5.65. The number of carbonyl (C=O) groups is 2. The smallest absolute Gasteiger partial charge is 0.379 e. The second-order valence-corrected chi connectivity index (χ2v) is 8.46. The molecular weight excluding hydrogens is 522 g/mol. The molecule has 0 radical (unpaired) electrons. The maximum atomic E-state index is 13.1. The molecule has 3 aromatic rings. The summed E-state index contributed by atoms with van der Waals surface area (Å²) in [6.07, 6.45) is -7.06. The molecule has 38 heavy (non-hydrogen) atoms. The van der Waals surface area contributed by atoms with Crippen molar-refractivity contribution in [1.29, 1.82) is 0 Å². The van der Waals surface area contributed by atoms with Gasteiger partial charge in [-0.2, -0.15) is 36.1 Å². The highest BCUT2D eigenvalue weighted by Crippen LogP contribution is 2.36. The average molecular weight is 542 g/mol. The third kappa shape index (κ3) is 6.10. The molecule has 2 amide bonds. The number of halogens is 6. The van der Waals surface area contributed by atoms with E-state index < -0.39 is 41.0 Å². The van der Waals surface area contributed by atoms with Gasteiger partial charge in [0.05, 0.1) is 35.4 Å². The lowest BCUT2D eigenvalue weighted by Crippen LogP contribution is -2.35. The number of carbonyl (C=O) groups excluding carboxylic acids is 2. The Morgan fingerprint density at radius 2 is 1.68 bits per heavy atom. The minimum Gasteiger partial charge on any atom is -0.379 e. The first-order valence-electron chi connectivity index (χ1n) is 11.2. The highest BCUT2D eigenvalue weighted by atomic mass is 19.4. The molecule has 0 bridgehead atoms. The number of alkyl halides is 6. The van der Waals surface area contributed by atoms with Crippen LogP contribution in [0.15, 0.2) is 42.9 Å². The predicted molar refractivity (Wildman–Crippen MR) is 118 cm³/mol. The summed E-state index contributed by atoms with van der Waals surface area (Å²) in [6, 6.07) is 2.47. The minimum atomic E-state index is -5.10. The number of rotatable bonds is 6. The number of hydrogen-bond donors (Lipinski definition) is 2. The summed E-state index contributed by atoms with van der Waals surface area (Å²) in [5.41, 5.74) is -3.77. The van der Waals surface area contributed by atoms with Gasteiger partial charge in [-0.25, -0.2) is 9.97 Å². The first-order chi connectivity index (χ1) is 17.8. The van der Waals surface area contributed by atoms with Gasteiger partial charge in [0.25, 0.3) is 11.8 Å². The van der Waals surface area contributed by atoms with E-state index in [1.165, 1.54) is 29.9 Å². The molecule has 1 saturated heterocycles. The fourth-order valence-electron chi connectivity index (χ4n) is 3.72. The molecule has 0 spiro atoms. The second kappa shape index (κ2) is 10.4. The van der Waals surface area contributed by atoms with Gasteiger partial charge in [-0.15, -0.1) is 0 Å². The molecule has 1 aliphatic heterocycles. The molecule has 2 atom stereocenters. The van der Waals surface area contributed by atoms with Crippen molar-refractivity contribution >= 4 is 11.8 Å². The lowest BCUT2D eigenvalue weighted by Gasteiger charge is -2.17. The Balaban J connectivity index is 1.51. The Kier molecular flexibility index (Phi) is 7.40. The van der Waals surface area contributed by atoms with Crippen molar-refractivity contribution in [3.05, 3.63) is 70.9 Å². The van der Waals surface area contributed by atoms with Crippen LogP contribution in [0.25, 0.3) is 5.82 Å². The van der Waals surface area contributed by atoms with E-state index in [0.717, 1.165) is 6.33 Å². The summed E-state index contributed by atoms with van der Waals surface area (Å²) >= 11 is 0. The fourth-order valence-corrected chi connectivity index (χ4v) is 3.72. The monoisotopic (exact) mass is 542 g/mol. The molecule has 1 unspecified atom stereocenters. The van der Waals surface area contributed by atoms with Crippen LogP contribution in [0.3, 0.4) is 0 Å². The molecule has 3 heterocycles. The first kappa shape index (κ1) is 27.0. The van der Waals surface area contributed by atoms with Crippen LogP contribution < -0.4 is 10.6 Å². The summed E-state index contributed by atoms with van der Waals surface area (Å²) in [6.45, 7) is 2.40. The zero-order valence-electron chi connectivity index (χ0n) is 19.6. The molecule has 0 aliphatic carbocycles. The Hall–Kier alpha value is -4.01. The van der Waals surface area contributed by atoms with Crippen molar-refractivity contribution in [2.45, 2.75) is 37.8 Å². The highest BCUT2D eigenvalue weighted by molar-refractivity contribution is 5.95. The van der Waals surface area contributed by atoms with E-state index in [-0.39, 0.29) is 35.2 Å². The van der Waals surface area contributed by atoms with Crippen molar-refractivity contribution < 1.29 is 40.7 Å². The zero-order chi connectivity index (χ0) is 27.7. The van der Waals surface area contributed by atoms with E-state index in [1.807, 2.05) is 0 Å². The lowest BCUT2D eigenvalue weighted by molar-refractivity contribution is -0.143. The van der Waals surface area contributed by atoms with Gasteiger partial charge in [0.2, 0.25) is 0 Å². The molecule has 4 rings (SSSR count). The van der Waals surface area contributed by atoms with E-state index in [1.54, 1.807) is 0 Å². The molecule has 1 fully saturated rings. The van der Waals surface area contributed by atoms with Gasteiger partial charge in [-0.3, -0.25) is 9.59 Å². The van der Waals surface area contributed by atoms with E-state index in [2.05, 4.69) is 25.7 Å². The van der Waals surface area contributed by atoms with Crippen LogP contribution in [0.2, 0.25) is 0 Å². The molecule has 202 valence electrons. The van der Waals surface area contributed by atoms with E-state index in [9.17, 15) is 35.9 Å². The molecule has 15 heteroatoms. The van der Waals surface area contributed by atoms with Gasteiger partial charge in [0.1, 0.15) is 6.33 Å². The number of nitrogens with zero attached hydrogens (tertiary/aromatic N) is 4. The predicted octanol–water partition coefficient (Wildman–Crippen LogP) is 3.71. The van der Waals surface area contributed by atoms with Crippen molar-refractivity contribution in [2.24, 2.45) is 0 Å². The number of ether oxygens (including phenoxy) is 1. The summed E-state index contributed by atoms with van der Waals surface area (Å²) in [5, 5.41) is 9.17. The van der Waals surface area contributed by atoms with Crippen molar-refractivity contribution in [1.82, 2.24) is 30.4 Å². The van der Waals surface area contributed by atoms with Crippen LogP contribution in [0.5, 0.6) is 0 Å². The summed E-state index contributed by atoms with van der Waals surface area (Å²) in [4.78, 5) is 33.2. The number of benzene rings is 1. The van der Waals surface area contributed by atoms with Crippen molar-refractivity contribution in [3.63, 3.8) is 0 Å². The summed E-state index contributed by atoms with van der Waals surface area (Å²) in [5.74, 6) is -1.23. The second-order valence-electron chi connectivity index (χ2n) is 8.46. The minimum absolute atomic E-state index is 0.0615. The molecule has 2 aromatic heterocycles. The van der Waals surface area contributed by atoms with Gasteiger partial charge >= 0.3 is 12.4 Å². The lowest BCUT2D eigenvalue weighted by atomic mass is 10.0. The zero-order valence-corrected chi connectivity index (χ0v) is 19.6. The van der Waals surface area contributed by atoms with E-state index in [0.29, 0.717) is 31.8 Å². The number of amides is 2. The first-order valence-corrected chi connectivity index (χ1v) is 11.2. The van der Waals surface area contributed by atoms with Crippen LogP contribution in [-0.2, 0) is 17.1 Å². The van der Waals surface area contributed by atoms with Crippen molar-refractivity contribution in [3.8, 4) is 5.82 Å². The quantitative estimate of drug-likeness (QED) is 0.460. The SMILES string of the molecule is C[C@H](NC(=O)c1cc(C(F)(F)F)cc(C(F)(F)F)c1)c1ncnn1-c1ccc(C(=O)NC2CCOC2)cn1. The normalized spacial score (nSPS) is 16.8. The highest BCUT2D eigenvalue weighted by Gasteiger charge is 2.37. The Morgan fingerprint density at radius 1 is 1.00 bits per heavy atom. The van der Waals surface area contributed by atoms with Crippen LogP contribution in [-0.4, -0.2) is 50.8 Å². The van der Waals surface area contributed by atoms with E-state index >= 15 is 0 Å². The maximum Gasteiger partial charge on any atom is 0.416 e.